The Morgan fingerprint density at radius 3 is 2.62 bits per heavy atom. The molecule has 0 amide bonds. The highest BCUT2D eigenvalue weighted by molar-refractivity contribution is 6.30. The molecular weight excluding hydrogens is 292 g/mol. The normalized spacial score (nSPS) is 10.5. The van der Waals surface area contributed by atoms with E-state index in [1.165, 1.54) is 6.07 Å². The molecule has 0 aliphatic carbocycles. The van der Waals surface area contributed by atoms with Gasteiger partial charge < -0.3 is 10.5 Å². The van der Waals surface area contributed by atoms with Crippen molar-refractivity contribution in [3.8, 4) is 11.5 Å². The molecule has 0 saturated carbocycles. The van der Waals surface area contributed by atoms with E-state index < -0.39 is 4.92 Å². The zero-order valence-corrected chi connectivity index (χ0v) is 12.5. The number of aryl methyl sites for hydroxylation is 2. The first-order valence-electron chi connectivity index (χ1n) is 6.34. The van der Waals surface area contributed by atoms with Crippen LogP contribution in [0.15, 0.2) is 30.3 Å². The summed E-state index contributed by atoms with van der Waals surface area (Å²) in [5.74, 6) is 0.641. The molecule has 110 valence electrons. The summed E-state index contributed by atoms with van der Waals surface area (Å²) in [5, 5.41) is 11.7. The van der Waals surface area contributed by atoms with Crippen LogP contribution in [-0.2, 0) is 6.54 Å². The topological polar surface area (TPSA) is 78.4 Å². The number of nitrogens with two attached hydrogens (primary N) is 1. The summed E-state index contributed by atoms with van der Waals surface area (Å²) in [7, 11) is 0. The van der Waals surface area contributed by atoms with Gasteiger partial charge in [-0.05, 0) is 37.1 Å². The molecule has 0 heterocycles. The first-order chi connectivity index (χ1) is 9.92. The lowest BCUT2D eigenvalue weighted by Gasteiger charge is -2.13. The van der Waals surface area contributed by atoms with Crippen LogP contribution < -0.4 is 10.5 Å². The quantitative estimate of drug-likeness (QED) is 0.681. The highest BCUT2D eigenvalue weighted by atomic mass is 35.5. The Balaban J connectivity index is 2.54. The molecule has 0 spiro atoms. The van der Waals surface area contributed by atoms with Crippen LogP contribution in [0.2, 0.25) is 5.02 Å². The molecule has 0 saturated heterocycles. The summed E-state index contributed by atoms with van der Waals surface area (Å²) >= 11 is 5.95. The van der Waals surface area contributed by atoms with Crippen molar-refractivity contribution in [2.45, 2.75) is 20.4 Å². The van der Waals surface area contributed by atoms with Gasteiger partial charge in [0.15, 0.2) is 0 Å². The maximum atomic E-state index is 11.2. The van der Waals surface area contributed by atoms with Crippen LogP contribution in [0.5, 0.6) is 11.5 Å². The summed E-state index contributed by atoms with van der Waals surface area (Å²) in [6.07, 6.45) is 0. The molecule has 0 bridgehead atoms. The summed E-state index contributed by atoms with van der Waals surface area (Å²) in [6, 6.07) is 8.36. The molecule has 2 rings (SSSR count). The number of rotatable bonds is 4. The minimum absolute atomic E-state index is 0.0737. The smallest absolute Gasteiger partial charge is 0.312 e. The first kappa shape index (κ1) is 15.3. The fourth-order valence-corrected chi connectivity index (χ4v) is 2.26. The Bertz CT molecular complexity index is 702. The van der Waals surface area contributed by atoms with Crippen LogP contribution >= 0.6 is 11.6 Å². The number of benzene rings is 2. The van der Waals surface area contributed by atoms with Gasteiger partial charge in [-0.3, -0.25) is 10.1 Å². The Kier molecular flexibility index (Phi) is 4.45. The lowest BCUT2D eigenvalue weighted by molar-refractivity contribution is -0.385. The van der Waals surface area contributed by atoms with E-state index in [0.29, 0.717) is 16.3 Å². The van der Waals surface area contributed by atoms with E-state index in [4.69, 9.17) is 22.1 Å². The average molecular weight is 307 g/mol. The van der Waals surface area contributed by atoms with Gasteiger partial charge in [0.2, 0.25) is 5.75 Å². The van der Waals surface area contributed by atoms with Crippen molar-refractivity contribution in [1.29, 1.82) is 0 Å². The van der Waals surface area contributed by atoms with Gasteiger partial charge in [-0.25, -0.2) is 0 Å². The number of hydrogen-bond acceptors (Lipinski definition) is 4. The van der Waals surface area contributed by atoms with E-state index in [2.05, 4.69) is 0 Å². The highest BCUT2D eigenvalue weighted by Gasteiger charge is 2.20. The number of ether oxygens (including phenoxy) is 1. The summed E-state index contributed by atoms with van der Waals surface area (Å²) in [6.45, 7) is 3.82. The van der Waals surface area contributed by atoms with Crippen LogP contribution in [-0.4, -0.2) is 4.92 Å². The zero-order chi connectivity index (χ0) is 15.6. The predicted molar refractivity (Wildman–Crippen MR) is 82.0 cm³/mol. The van der Waals surface area contributed by atoms with Gasteiger partial charge in [-0.15, -0.1) is 0 Å². The van der Waals surface area contributed by atoms with Gasteiger partial charge in [-0.1, -0.05) is 23.7 Å². The second-order valence-corrected chi connectivity index (χ2v) is 5.18. The van der Waals surface area contributed by atoms with E-state index >= 15 is 0 Å². The van der Waals surface area contributed by atoms with Gasteiger partial charge in [-0.2, -0.15) is 0 Å². The zero-order valence-electron chi connectivity index (χ0n) is 11.7. The van der Waals surface area contributed by atoms with Crippen LogP contribution in [0, 0.1) is 24.0 Å². The third-order valence-corrected chi connectivity index (χ3v) is 3.29. The summed E-state index contributed by atoms with van der Waals surface area (Å²) < 4.78 is 5.75. The van der Waals surface area contributed by atoms with Crippen LogP contribution in [0.1, 0.15) is 16.7 Å². The number of nitro groups is 1. The lowest BCUT2D eigenvalue weighted by Crippen LogP contribution is -2.02. The minimum Gasteiger partial charge on any atom is -0.449 e. The SMILES string of the molecule is Cc1cc(C)c(Oc2cc(Cl)ccc2CN)c([N+](=O)[O-])c1. The first-order valence-corrected chi connectivity index (χ1v) is 6.72. The fourth-order valence-electron chi connectivity index (χ4n) is 2.10. The van der Waals surface area contributed by atoms with Gasteiger partial charge >= 0.3 is 5.69 Å². The Hall–Kier alpha value is -2.11. The maximum Gasteiger partial charge on any atom is 0.312 e. The van der Waals surface area contributed by atoms with Gasteiger partial charge in [0, 0.05) is 23.2 Å². The van der Waals surface area contributed by atoms with Crippen molar-refractivity contribution in [2.24, 2.45) is 5.73 Å². The van der Waals surface area contributed by atoms with E-state index in [9.17, 15) is 10.1 Å². The number of hydrogen-bond donors (Lipinski definition) is 1. The van der Waals surface area contributed by atoms with E-state index in [-0.39, 0.29) is 18.0 Å². The molecule has 0 radical (unpaired) electrons. The molecule has 0 atom stereocenters. The van der Waals surface area contributed by atoms with Crippen molar-refractivity contribution < 1.29 is 9.66 Å². The summed E-state index contributed by atoms with van der Waals surface area (Å²) in [5.41, 5.74) is 7.80. The second-order valence-electron chi connectivity index (χ2n) is 4.75. The van der Waals surface area contributed by atoms with Crippen molar-refractivity contribution in [3.05, 3.63) is 62.2 Å². The molecule has 0 aromatic heterocycles. The van der Waals surface area contributed by atoms with Gasteiger partial charge in [0.05, 0.1) is 4.92 Å². The number of nitrogens with zero attached hydrogens (tertiary/aromatic N) is 1. The van der Waals surface area contributed by atoms with E-state index in [0.717, 1.165) is 11.1 Å². The summed E-state index contributed by atoms with van der Waals surface area (Å²) in [4.78, 5) is 10.8. The number of nitro benzene ring substituents is 1. The monoisotopic (exact) mass is 306 g/mol. The molecule has 2 N–H and O–H groups in total. The van der Waals surface area contributed by atoms with Crippen molar-refractivity contribution in [2.75, 3.05) is 0 Å². The lowest BCUT2D eigenvalue weighted by atomic mass is 10.1. The van der Waals surface area contributed by atoms with Crippen LogP contribution in [0.4, 0.5) is 5.69 Å². The van der Waals surface area contributed by atoms with Crippen molar-refractivity contribution >= 4 is 17.3 Å². The fraction of sp³-hybridized carbons (Fsp3) is 0.200. The second kappa shape index (κ2) is 6.11. The van der Waals surface area contributed by atoms with Gasteiger partial charge in [0.1, 0.15) is 5.75 Å². The highest BCUT2D eigenvalue weighted by Crippen LogP contribution is 2.37. The predicted octanol–water partition coefficient (Wildman–Crippen LogP) is 4.12. The molecule has 0 aliphatic heterocycles. The molecule has 0 aliphatic rings. The maximum absolute atomic E-state index is 11.2. The van der Waals surface area contributed by atoms with Crippen LogP contribution in [0.25, 0.3) is 0 Å². The molecular formula is C15H15ClN2O3. The molecule has 0 unspecified atom stereocenters. The molecule has 21 heavy (non-hydrogen) atoms. The third kappa shape index (κ3) is 3.32. The standard InChI is InChI=1S/C15H15ClN2O3/c1-9-5-10(2)15(13(6-9)18(19)20)21-14-7-12(16)4-3-11(14)8-17/h3-7H,8,17H2,1-2H3. The molecule has 5 nitrogen and oxygen atoms in total. The van der Waals surface area contributed by atoms with Crippen molar-refractivity contribution in [1.82, 2.24) is 0 Å². The molecule has 2 aromatic rings. The average Bonchev–Trinajstić information content (AvgIpc) is 2.41. The number of halogens is 1. The Morgan fingerprint density at radius 2 is 2.00 bits per heavy atom. The minimum atomic E-state index is -0.456. The van der Waals surface area contributed by atoms with Crippen LogP contribution in [0.3, 0.4) is 0 Å². The largest absolute Gasteiger partial charge is 0.449 e. The third-order valence-electron chi connectivity index (χ3n) is 3.06. The van der Waals surface area contributed by atoms with E-state index in [1.54, 1.807) is 32.0 Å². The molecule has 2 aromatic carbocycles. The molecule has 0 fully saturated rings. The Morgan fingerprint density at radius 1 is 1.29 bits per heavy atom. The van der Waals surface area contributed by atoms with Gasteiger partial charge in [0.25, 0.3) is 0 Å². The molecule has 6 heteroatoms. The Labute approximate surface area is 127 Å². The van der Waals surface area contributed by atoms with E-state index in [1.807, 2.05) is 6.07 Å². The van der Waals surface area contributed by atoms with Crippen molar-refractivity contribution in [3.63, 3.8) is 0 Å².